The third-order valence-electron chi connectivity index (χ3n) is 6.58. The van der Waals surface area contributed by atoms with Crippen LogP contribution in [0.1, 0.15) is 25.0 Å². The Morgan fingerprint density at radius 2 is 1.80 bits per heavy atom. The molecule has 1 aliphatic heterocycles. The van der Waals surface area contributed by atoms with Crippen molar-refractivity contribution in [1.29, 1.82) is 0 Å². The number of hydrogen-bond acceptors (Lipinski definition) is 6. The summed E-state index contributed by atoms with van der Waals surface area (Å²) >= 11 is 0. The van der Waals surface area contributed by atoms with Gasteiger partial charge in [0.25, 0.3) is 0 Å². The molecule has 8 nitrogen and oxygen atoms in total. The normalized spacial score (nSPS) is 19.9. The van der Waals surface area contributed by atoms with Gasteiger partial charge in [0, 0.05) is 44.9 Å². The molecule has 2 aromatic rings. The molecule has 1 N–H and O–H groups in total. The summed E-state index contributed by atoms with van der Waals surface area (Å²) in [5.41, 5.74) is 2.65. The molecule has 3 atom stereocenters. The number of aliphatic hydroxyl groups excluding tert-OH is 1. The van der Waals surface area contributed by atoms with Gasteiger partial charge < -0.3 is 19.6 Å². The van der Waals surface area contributed by atoms with E-state index in [1.807, 2.05) is 58.0 Å². The summed E-state index contributed by atoms with van der Waals surface area (Å²) in [5, 5.41) is 9.78. The van der Waals surface area contributed by atoms with E-state index in [0.29, 0.717) is 12.3 Å². The zero-order chi connectivity index (χ0) is 25.9. The fraction of sp³-hybridized carbons (Fsp3) is 0.500. The van der Waals surface area contributed by atoms with Gasteiger partial charge in [0.05, 0.1) is 30.5 Å². The zero-order valence-electron chi connectivity index (χ0n) is 21.4. The molecule has 3 rings (SSSR count). The lowest BCUT2D eigenvalue weighted by atomic mass is 10.0. The van der Waals surface area contributed by atoms with Crippen LogP contribution in [0.15, 0.2) is 47.4 Å². The first-order valence-corrected chi connectivity index (χ1v) is 13.3. The number of amides is 1. The molecule has 0 aliphatic carbocycles. The van der Waals surface area contributed by atoms with Crippen LogP contribution in [0.3, 0.4) is 0 Å². The van der Waals surface area contributed by atoms with Gasteiger partial charge in [-0.2, -0.15) is 4.31 Å². The number of nitrogens with zero attached hydrogens (tertiary/aromatic N) is 3. The van der Waals surface area contributed by atoms with Gasteiger partial charge in [-0.25, -0.2) is 8.42 Å². The Morgan fingerprint density at radius 1 is 1.14 bits per heavy atom. The molecule has 9 heteroatoms. The third kappa shape index (κ3) is 6.15. The number of aryl methyl sites for hydroxylation is 1. The van der Waals surface area contributed by atoms with Crippen molar-refractivity contribution in [1.82, 2.24) is 9.21 Å². The van der Waals surface area contributed by atoms with Crippen LogP contribution < -0.4 is 9.64 Å². The highest BCUT2D eigenvalue weighted by Gasteiger charge is 2.33. The summed E-state index contributed by atoms with van der Waals surface area (Å²) in [5.74, 6) is 0.281. The molecule has 0 radical (unpaired) electrons. The number of carbonyl (C=O) groups excluding carboxylic acids is 1. The minimum absolute atomic E-state index is 0.0968. The average Bonchev–Trinajstić information content (AvgIpc) is 2.86. The van der Waals surface area contributed by atoms with Crippen molar-refractivity contribution in [2.45, 2.75) is 44.2 Å². The highest BCUT2D eigenvalue weighted by molar-refractivity contribution is 7.89. The Bertz CT molecular complexity index is 1130. The summed E-state index contributed by atoms with van der Waals surface area (Å²) in [6.45, 7) is 5.97. The first kappa shape index (κ1) is 27.0. The van der Waals surface area contributed by atoms with Gasteiger partial charge in [-0.3, -0.25) is 4.79 Å². The molecule has 1 heterocycles. The third-order valence-corrected chi connectivity index (χ3v) is 8.42. The quantitative estimate of drug-likeness (QED) is 0.625. The molecule has 0 saturated heterocycles. The van der Waals surface area contributed by atoms with Gasteiger partial charge in [-0.05, 0) is 44.2 Å². The van der Waals surface area contributed by atoms with E-state index in [1.165, 1.54) is 4.31 Å². The number of aliphatic hydroxyl groups is 1. The average molecular weight is 504 g/mol. The second kappa shape index (κ2) is 11.0. The Hall–Kier alpha value is -2.62. The number of rotatable bonds is 7. The van der Waals surface area contributed by atoms with E-state index in [9.17, 15) is 18.3 Å². The molecular weight excluding hydrogens is 466 g/mol. The Labute approximate surface area is 209 Å². The molecular formula is C26H37N3O5S. The van der Waals surface area contributed by atoms with Crippen molar-refractivity contribution in [3.8, 4) is 5.75 Å². The van der Waals surface area contributed by atoms with E-state index in [0.717, 1.165) is 16.8 Å². The van der Waals surface area contributed by atoms with Crippen LogP contribution in [0.25, 0.3) is 0 Å². The van der Waals surface area contributed by atoms with Gasteiger partial charge >= 0.3 is 0 Å². The summed E-state index contributed by atoms with van der Waals surface area (Å²) < 4.78 is 34.2. The van der Waals surface area contributed by atoms with Gasteiger partial charge in [-0.15, -0.1) is 0 Å². The van der Waals surface area contributed by atoms with E-state index in [4.69, 9.17) is 4.74 Å². The molecule has 1 amide bonds. The van der Waals surface area contributed by atoms with Crippen molar-refractivity contribution in [3.63, 3.8) is 0 Å². The highest BCUT2D eigenvalue weighted by atomic mass is 32.2. The SMILES string of the molecule is Cc1ccc(S(=O)(=O)N(C)C[C@H]2Oc3ccc(N(C)C)cc3CC(=O)N([C@@H](C)CO)C[C@H]2C)cc1. The van der Waals surface area contributed by atoms with Crippen molar-refractivity contribution < 1.29 is 23.1 Å². The van der Waals surface area contributed by atoms with Crippen LogP contribution in [-0.2, 0) is 21.2 Å². The molecule has 0 fully saturated rings. The number of anilines is 1. The van der Waals surface area contributed by atoms with Crippen LogP contribution in [0, 0.1) is 12.8 Å². The van der Waals surface area contributed by atoms with E-state index in [-0.39, 0.29) is 42.3 Å². The molecule has 0 unspecified atom stereocenters. The Morgan fingerprint density at radius 3 is 2.40 bits per heavy atom. The monoisotopic (exact) mass is 503 g/mol. The van der Waals surface area contributed by atoms with E-state index in [1.54, 1.807) is 36.2 Å². The lowest BCUT2D eigenvalue weighted by Gasteiger charge is -2.33. The second-order valence-electron chi connectivity index (χ2n) is 9.67. The molecule has 0 bridgehead atoms. The van der Waals surface area contributed by atoms with Gasteiger partial charge in [-0.1, -0.05) is 24.6 Å². The number of hydrogen-bond donors (Lipinski definition) is 1. The lowest BCUT2D eigenvalue weighted by Crippen LogP contribution is -2.48. The summed E-state index contributed by atoms with van der Waals surface area (Å²) in [7, 11) is 1.68. The standard InChI is InChI=1S/C26H37N3O5S/c1-18-7-10-23(11-8-18)35(32,33)28(6)16-25-19(2)15-29(20(3)17-30)26(31)14-21-13-22(27(4)5)9-12-24(21)34-25/h7-13,19-20,25,30H,14-17H2,1-6H3/t19-,20+,25-/m1/s1. The van der Waals surface area contributed by atoms with Crippen LogP contribution in [0.5, 0.6) is 5.75 Å². The minimum atomic E-state index is -3.72. The fourth-order valence-corrected chi connectivity index (χ4v) is 5.34. The summed E-state index contributed by atoms with van der Waals surface area (Å²) in [6, 6.07) is 12.1. The molecule has 35 heavy (non-hydrogen) atoms. The van der Waals surface area contributed by atoms with Crippen LogP contribution in [-0.4, -0.2) is 81.6 Å². The molecule has 1 aliphatic rings. The Balaban J connectivity index is 1.97. The number of carbonyl (C=O) groups is 1. The van der Waals surface area contributed by atoms with Crippen molar-refractivity contribution in [2.75, 3.05) is 45.7 Å². The first-order valence-electron chi connectivity index (χ1n) is 11.8. The lowest BCUT2D eigenvalue weighted by molar-refractivity contribution is -0.134. The van der Waals surface area contributed by atoms with Crippen LogP contribution >= 0.6 is 0 Å². The summed E-state index contributed by atoms with van der Waals surface area (Å²) in [6.07, 6.45) is -0.373. The molecule has 192 valence electrons. The zero-order valence-corrected chi connectivity index (χ0v) is 22.2. The topological polar surface area (TPSA) is 90.4 Å². The molecule has 2 aromatic carbocycles. The molecule has 0 spiro atoms. The van der Waals surface area contributed by atoms with E-state index < -0.39 is 16.1 Å². The highest BCUT2D eigenvalue weighted by Crippen LogP contribution is 2.30. The predicted octanol–water partition coefficient (Wildman–Crippen LogP) is 2.53. The van der Waals surface area contributed by atoms with Crippen molar-refractivity contribution in [3.05, 3.63) is 53.6 Å². The first-order chi connectivity index (χ1) is 16.4. The van der Waals surface area contributed by atoms with Gasteiger partial charge in [0.15, 0.2) is 0 Å². The maximum Gasteiger partial charge on any atom is 0.242 e. The van der Waals surface area contributed by atoms with E-state index >= 15 is 0 Å². The maximum absolute atomic E-state index is 13.2. The maximum atomic E-state index is 13.2. The largest absolute Gasteiger partial charge is 0.488 e. The second-order valence-corrected chi connectivity index (χ2v) is 11.7. The van der Waals surface area contributed by atoms with Crippen LogP contribution in [0.2, 0.25) is 0 Å². The number of likely N-dealkylation sites (N-methyl/N-ethyl adjacent to an activating group) is 1. The predicted molar refractivity (Wildman–Crippen MR) is 137 cm³/mol. The van der Waals surface area contributed by atoms with Crippen LogP contribution in [0.4, 0.5) is 5.69 Å². The van der Waals surface area contributed by atoms with Crippen molar-refractivity contribution in [2.24, 2.45) is 5.92 Å². The Kier molecular flexibility index (Phi) is 8.46. The van der Waals surface area contributed by atoms with Crippen molar-refractivity contribution >= 4 is 21.6 Å². The number of benzene rings is 2. The molecule has 0 saturated carbocycles. The minimum Gasteiger partial charge on any atom is -0.488 e. The fourth-order valence-electron chi connectivity index (χ4n) is 4.15. The van der Waals surface area contributed by atoms with Gasteiger partial charge in [0.1, 0.15) is 11.9 Å². The van der Waals surface area contributed by atoms with E-state index in [2.05, 4.69) is 0 Å². The summed E-state index contributed by atoms with van der Waals surface area (Å²) in [4.78, 5) is 17.1. The number of sulfonamides is 1. The molecule has 0 aromatic heterocycles. The van der Waals surface area contributed by atoms with Gasteiger partial charge in [0.2, 0.25) is 15.9 Å². The number of ether oxygens (including phenoxy) is 1. The smallest absolute Gasteiger partial charge is 0.242 e. The number of fused-ring (bicyclic) bond motifs is 1.